The average Bonchev–Trinajstić information content (AvgIpc) is 1.99. The summed E-state index contributed by atoms with van der Waals surface area (Å²) in [5, 5.41) is 0. The SMILES string of the molecule is COS(=O)(=O)OC(N(C)C)N(C)C. The summed E-state index contributed by atoms with van der Waals surface area (Å²) in [7, 11) is 3.98. The van der Waals surface area contributed by atoms with Crippen molar-refractivity contribution >= 4 is 10.4 Å². The Bertz CT molecular complexity index is 229. The fourth-order valence-corrected chi connectivity index (χ4v) is 1.41. The summed E-state index contributed by atoms with van der Waals surface area (Å²) in [4.78, 5) is 3.22. The van der Waals surface area contributed by atoms with Crippen molar-refractivity contribution in [3.63, 3.8) is 0 Å². The van der Waals surface area contributed by atoms with Crippen molar-refractivity contribution in [3.8, 4) is 0 Å². The van der Waals surface area contributed by atoms with Gasteiger partial charge in [-0.15, -0.1) is 0 Å². The molecule has 0 fully saturated rings. The van der Waals surface area contributed by atoms with E-state index in [0.717, 1.165) is 7.11 Å². The molecule has 0 heterocycles. The van der Waals surface area contributed by atoms with Crippen LogP contribution >= 0.6 is 0 Å². The summed E-state index contributed by atoms with van der Waals surface area (Å²) < 4.78 is 30.7. The molecule has 0 saturated carbocycles. The Morgan fingerprint density at radius 1 is 1.08 bits per heavy atom. The molecule has 0 saturated heterocycles. The maximum Gasteiger partial charge on any atom is 0.402 e. The van der Waals surface area contributed by atoms with E-state index in [4.69, 9.17) is 4.18 Å². The van der Waals surface area contributed by atoms with E-state index in [9.17, 15) is 8.42 Å². The maximum absolute atomic E-state index is 10.9. The normalized spacial score (nSPS) is 13.2. The van der Waals surface area contributed by atoms with Crippen LogP contribution in [-0.2, 0) is 18.8 Å². The van der Waals surface area contributed by atoms with E-state index in [0.29, 0.717) is 0 Å². The first kappa shape index (κ1) is 12.8. The summed E-state index contributed by atoms with van der Waals surface area (Å²) in [6.45, 7) is 0. The van der Waals surface area contributed by atoms with Gasteiger partial charge in [0, 0.05) is 0 Å². The predicted molar refractivity (Wildman–Crippen MR) is 48.2 cm³/mol. The lowest BCUT2D eigenvalue weighted by molar-refractivity contribution is -0.0473. The third kappa shape index (κ3) is 4.53. The van der Waals surface area contributed by atoms with Crippen molar-refractivity contribution in [2.75, 3.05) is 35.3 Å². The molecule has 0 bridgehead atoms. The van der Waals surface area contributed by atoms with Crippen LogP contribution in [0.1, 0.15) is 0 Å². The third-order valence-corrected chi connectivity index (χ3v) is 2.11. The first-order valence-electron chi connectivity index (χ1n) is 3.62. The standard InChI is InChI=1S/C6H16N2O4S/c1-7(2)6(8(3)4)12-13(9,10)11-5/h6H,1-5H3. The lowest BCUT2D eigenvalue weighted by Crippen LogP contribution is -2.44. The van der Waals surface area contributed by atoms with Gasteiger partial charge >= 0.3 is 10.4 Å². The van der Waals surface area contributed by atoms with Crippen molar-refractivity contribution in [2.45, 2.75) is 6.35 Å². The van der Waals surface area contributed by atoms with Crippen molar-refractivity contribution in [1.29, 1.82) is 0 Å². The monoisotopic (exact) mass is 212 g/mol. The Kier molecular flexibility index (Phi) is 4.79. The molecule has 0 amide bonds. The minimum Gasteiger partial charge on any atom is -0.271 e. The lowest BCUT2D eigenvalue weighted by atomic mass is 10.7. The first-order valence-corrected chi connectivity index (χ1v) is 4.95. The highest BCUT2D eigenvalue weighted by Crippen LogP contribution is 2.05. The van der Waals surface area contributed by atoms with Gasteiger partial charge in [-0.05, 0) is 28.2 Å². The summed E-state index contributed by atoms with van der Waals surface area (Å²) in [5.74, 6) is 0. The topological polar surface area (TPSA) is 59.1 Å². The molecule has 13 heavy (non-hydrogen) atoms. The van der Waals surface area contributed by atoms with Crippen molar-refractivity contribution in [3.05, 3.63) is 0 Å². The quantitative estimate of drug-likeness (QED) is 0.562. The van der Waals surface area contributed by atoms with Crippen LogP contribution in [0.4, 0.5) is 0 Å². The van der Waals surface area contributed by atoms with Crippen LogP contribution in [0.5, 0.6) is 0 Å². The highest BCUT2D eigenvalue weighted by molar-refractivity contribution is 7.81. The molecule has 80 valence electrons. The first-order chi connectivity index (χ1) is 5.80. The Morgan fingerprint density at radius 2 is 1.46 bits per heavy atom. The zero-order valence-electron chi connectivity index (χ0n) is 8.51. The molecule has 0 rings (SSSR count). The van der Waals surface area contributed by atoms with Gasteiger partial charge in [0.05, 0.1) is 7.11 Å². The van der Waals surface area contributed by atoms with Crippen LogP contribution in [0.2, 0.25) is 0 Å². The molecule has 0 radical (unpaired) electrons. The number of rotatable bonds is 5. The number of hydrogen-bond donors (Lipinski definition) is 0. The smallest absolute Gasteiger partial charge is 0.271 e. The molecule has 0 aromatic carbocycles. The molecule has 6 nitrogen and oxygen atoms in total. The van der Waals surface area contributed by atoms with Gasteiger partial charge in [0.2, 0.25) is 0 Å². The van der Waals surface area contributed by atoms with Gasteiger partial charge in [-0.2, -0.15) is 8.42 Å². The molecule has 0 aromatic rings. The molecular weight excluding hydrogens is 196 g/mol. The molecule has 0 aliphatic carbocycles. The molecule has 0 N–H and O–H groups in total. The zero-order valence-corrected chi connectivity index (χ0v) is 9.33. The van der Waals surface area contributed by atoms with Crippen molar-refractivity contribution in [2.24, 2.45) is 0 Å². The second kappa shape index (κ2) is 4.87. The van der Waals surface area contributed by atoms with Gasteiger partial charge < -0.3 is 0 Å². The van der Waals surface area contributed by atoms with Crippen LogP contribution in [0, 0.1) is 0 Å². The Morgan fingerprint density at radius 3 is 1.69 bits per heavy atom. The maximum atomic E-state index is 10.9. The van der Waals surface area contributed by atoms with Gasteiger partial charge in [0.1, 0.15) is 0 Å². The predicted octanol–water partition coefficient (Wildman–Crippen LogP) is -0.699. The van der Waals surface area contributed by atoms with E-state index in [1.807, 2.05) is 0 Å². The summed E-state index contributed by atoms with van der Waals surface area (Å²) in [6, 6.07) is 0. The fourth-order valence-electron chi connectivity index (χ4n) is 0.779. The summed E-state index contributed by atoms with van der Waals surface area (Å²) >= 11 is 0. The Balaban J connectivity index is 4.45. The zero-order chi connectivity index (χ0) is 10.6. The van der Waals surface area contributed by atoms with Crippen molar-refractivity contribution in [1.82, 2.24) is 9.80 Å². The second-order valence-corrected chi connectivity index (χ2v) is 4.27. The molecule has 0 unspecified atom stereocenters. The largest absolute Gasteiger partial charge is 0.402 e. The second-order valence-electron chi connectivity index (χ2n) is 2.92. The Hall–Kier alpha value is -0.210. The minimum atomic E-state index is -3.89. The van der Waals surface area contributed by atoms with Gasteiger partial charge in [0.25, 0.3) is 0 Å². The van der Waals surface area contributed by atoms with Gasteiger partial charge in [-0.3, -0.25) is 14.0 Å². The van der Waals surface area contributed by atoms with Crippen LogP contribution < -0.4 is 0 Å². The minimum absolute atomic E-state index is 0.662. The summed E-state index contributed by atoms with van der Waals surface area (Å²) in [5.41, 5.74) is 0. The fraction of sp³-hybridized carbons (Fsp3) is 1.00. The average molecular weight is 212 g/mol. The third-order valence-electron chi connectivity index (χ3n) is 1.29. The van der Waals surface area contributed by atoms with Gasteiger partial charge in [-0.25, -0.2) is 4.18 Å². The highest BCUT2D eigenvalue weighted by Gasteiger charge is 2.22. The van der Waals surface area contributed by atoms with Crippen LogP contribution in [0.15, 0.2) is 0 Å². The van der Waals surface area contributed by atoms with E-state index < -0.39 is 16.8 Å². The molecular formula is C6H16N2O4S. The van der Waals surface area contributed by atoms with E-state index in [1.165, 1.54) is 0 Å². The van der Waals surface area contributed by atoms with E-state index in [2.05, 4.69) is 4.18 Å². The highest BCUT2D eigenvalue weighted by atomic mass is 32.3. The summed E-state index contributed by atoms with van der Waals surface area (Å²) in [6.07, 6.45) is -0.662. The van der Waals surface area contributed by atoms with E-state index in [1.54, 1.807) is 38.0 Å². The molecule has 0 aromatic heterocycles. The van der Waals surface area contributed by atoms with Crippen LogP contribution in [-0.4, -0.2) is 59.9 Å². The van der Waals surface area contributed by atoms with E-state index >= 15 is 0 Å². The molecule has 0 aliphatic rings. The van der Waals surface area contributed by atoms with Gasteiger partial charge in [0.15, 0.2) is 6.35 Å². The number of nitrogens with zero attached hydrogens (tertiary/aromatic N) is 2. The molecule has 0 spiro atoms. The Labute approximate surface area is 79.4 Å². The van der Waals surface area contributed by atoms with Crippen LogP contribution in [0.3, 0.4) is 0 Å². The molecule has 0 aliphatic heterocycles. The van der Waals surface area contributed by atoms with Gasteiger partial charge in [-0.1, -0.05) is 0 Å². The number of hydrogen-bond acceptors (Lipinski definition) is 6. The molecule has 0 atom stereocenters. The van der Waals surface area contributed by atoms with Crippen LogP contribution in [0.25, 0.3) is 0 Å². The van der Waals surface area contributed by atoms with Crippen molar-refractivity contribution < 1.29 is 16.8 Å². The lowest BCUT2D eigenvalue weighted by Gasteiger charge is -2.28. The van der Waals surface area contributed by atoms with E-state index in [-0.39, 0.29) is 0 Å². The molecule has 7 heteroatoms.